The summed E-state index contributed by atoms with van der Waals surface area (Å²) < 4.78 is 6.03. The zero-order chi connectivity index (χ0) is 16.5. The van der Waals surface area contributed by atoms with Crippen molar-refractivity contribution in [2.24, 2.45) is 0 Å². The SMILES string of the molecule is O=C(O)COCCNC(=O)CCCCc1nc2ccccc2s1. The molecular weight excluding hydrogens is 316 g/mol. The zero-order valence-electron chi connectivity index (χ0n) is 12.8. The summed E-state index contributed by atoms with van der Waals surface area (Å²) in [5.74, 6) is -1.04. The Morgan fingerprint density at radius 2 is 2.09 bits per heavy atom. The van der Waals surface area contributed by atoms with Crippen LogP contribution in [0, 0.1) is 0 Å². The van der Waals surface area contributed by atoms with Gasteiger partial charge in [-0.2, -0.15) is 0 Å². The lowest BCUT2D eigenvalue weighted by Crippen LogP contribution is -2.27. The number of nitrogens with one attached hydrogen (secondary N) is 1. The number of nitrogens with zero attached hydrogens (tertiary/aromatic N) is 1. The van der Waals surface area contributed by atoms with Crippen molar-refractivity contribution in [1.82, 2.24) is 10.3 Å². The Bertz CT molecular complexity index is 623. The van der Waals surface area contributed by atoms with E-state index in [9.17, 15) is 9.59 Å². The van der Waals surface area contributed by atoms with Gasteiger partial charge < -0.3 is 15.2 Å². The van der Waals surface area contributed by atoms with Crippen molar-refractivity contribution in [3.63, 3.8) is 0 Å². The molecule has 0 aliphatic carbocycles. The van der Waals surface area contributed by atoms with Crippen molar-refractivity contribution in [3.05, 3.63) is 29.3 Å². The van der Waals surface area contributed by atoms with Crippen molar-refractivity contribution < 1.29 is 19.4 Å². The molecule has 0 fully saturated rings. The molecule has 1 amide bonds. The standard InChI is InChI=1S/C16H20N2O4S/c19-14(17-9-10-22-11-16(20)21)7-3-4-8-15-18-12-5-1-2-6-13(12)23-15/h1-2,5-6H,3-4,7-11H2,(H,17,19)(H,20,21). The third-order valence-corrected chi connectivity index (χ3v) is 4.27. The molecule has 2 N–H and O–H groups in total. The van der Waals surface area contributed by atoms with E-state index in [1.165, 1.54) is 4.70 Å². The van der Waals surface area contributed by atoms with Crippen LogP contribution in [-0.4, -0.2) is 41.7 Å². The molecule has 0 radical (unpaired) electrons. The lowest BCUT2D eigenvalue weighted by Gasteiger charge is -2.04. The maximum atomic E-state index is 11.6. The van der Waals surface area contributed by atoms with Crippen LogP contribution in [0.15, 0.2) is 24.3 Å². The van der Waals surface area contributed by atoms with E-state index in [1.54, 1.807) is 11.3 Å². The molecule has 2 aromatic rings. The molecule has 7 heteroatoms. The molecule has 23 heavy (non-hydrogen) atoms. The largest absolute Gasteiger partial charge is 0.480 e. The number of amides is 1. The van der Waals surface area contributed by atoms with Crippen LogP contribution in [0.3, 0.4) is 0 Å². The normalized spacial score (nSPS) is 10.8. The molecular formula is C16H20N2O4S. The van der Waals surface area contributed by atoms with E-state index < -0.39 is 5.97 Å². The summed E-state index contributed by atoms with van der Waals surface area (Å²) in [5.41, 5.74) is 1.03. The van der Waals surface area contributed by atoms with Gasteiger partial charge in [0, 0.05) is 13.0 Å². The molecule has 1 aromatic carbocycles. The van der Waals surface area contributed by atoms with E-state index in [0.717, 1.165) is 29.8 Å². The first-order valence-electron chi connectivity index (χ1n) is 7.56. The fourth-order valence-corrected chi connectivity index (χ4v) is 3.11. The highest BCUT2D eigenvalue weighted by molar-refractivity contribution is 7.18. The highest BCUT2D eigenvalue weighted by Gasteiger charge is 2.05. The molecule has 124 valence electrons. The first kappa shape index (κ1) is 17.4. The number of thiazole rings is 1. The highest BCUT2D eigenvalue weighted by Crippen LogP contribution is 2.22. The Hall–Kier alpha value is -1.99. The Morgan fingerprint density at radius 1 is 1.26 bits per heavy atom. The summed E-state index contributed by atoms with van der Waals surface area (Å²) in [6.45, 7) is 0.214. The number of fused-ring (bicyclic) bond motifs is 1. The summed E-state index contributed by atoms with van der Waals surface area (Å²) in [7, 11) is 0. The van der Waals surface area contributed by atoms with Gasteiger partial charge in [-0.25, -0.2) is 9.78 Å². The van der Waals surface area contributed by atoms with Gasteiger partial charge in [0.1, 0.15) is 6.61 Å². The number of benzene rings is 1. The number of hydrogen-bond acceptors (Lipinski definition) is 5. The molecule has 1 aromatic heterocycles. The van der Waals surface area contributed by atoms with E-state index in [1.807, 2.05) is 18.2 Å². The zero-order valence-corrected chi connectivity index (χ0v) is 13.6. The number of carbonyl (C=O) groups is 2. The number of unbranched alkanes of at least 4 members (excludes halogenated alkanes) is 1. The third-order valence-electron chi connectivity index (χ3n) is 3.18. The van der Waals surface area contributed by atoms with Gasteiger partial charge >= 0.3 is 5.97 Å². The minimum atomic E-state index is -1.01. The number of aliphatic carboxylic acids is 1. The van der Waals surface area contributed by atoms with Gasteiger partial charge in [0.25, 0.3) is 0 Å². The first-order chi connectivity index (χ1) is 11.1. The minimum Gasteiger partial charge on any atom is -0.480 e. The summed E-state index contributed by atoms with van der Waals surface area (Å²) in [6, 6.07) is 8.07. The molecule has 0 atom stereocenters. The molecule has 1 heterocycles. The number of rotatable bonds is 10. The minimum absolute atomic E-state index is 0.0341. The van der Waals surface area contributed by atoms with E-state index in [4.69, 9.17) is 9.84 Å². The van der Waals surface area contributed by atoms with Crippen LogP contribution in [0.1, 0.15) is 24.3 Å². The Morgan fingerprint density at radius 3 is 2.87 bits per heavy atom. The summed E-state index contributed by atoms with van der Waals surface area (Å²) in [4.78, 5) is 26.4. The van der Waals surface area contributed by atoms with E-state index in [2.05, 4.69) is 16.4 Å². The summed E-state index contributed by atoms with van der Waals surface area (Å²) in [6.07, 6.45) is 3.07. The predicted molar refractivity (Wildman–Crippen MR) is 88.6 cm³/mol. The number of hydrogen-bond donors (Lipinski definition) is 2. The van der Waals surface area contributed by atoms with Gasteiger partial charge in [-0.05, 0) is 31.4 Å². The van der Waals surface area contributed by atoms with Crippen molar-refractivity contribution >= 4 is 33.4 Å². The van der Waals surface area contributed by atoms with E-state index >= 15 is 0 Å². The maximum Gasteiger partial charge on any atom is 0.329 e. The number of aromatic nitrogens is 1. The second kappa shape index (κ2) is 9.22. The molecule has 0 saturated carbocycles. The van der Waals surface area contributed by atoms with Crippen LogP contribution in [0.25, 0.3) is 10.2 Å². The first-order valence-corrected chi connectivity index (χ1v) is 8.37. The Balaban J connectivity index is 1.56. The molecule has 0 bridgehead atoms. The van der Waals surface area contributed by atoms with Gasteiger partial charge in [-0.3, -0.25) is 4.79 Å². The lowest BCUT2D eigenvalue weighted by molar-refractivity contribution is -0.142. The van der Waals surface area contributed by atoms with Crippen molar-refractivity contribution in [3.8, 4) is 0 Å². The Kier molecular flexibility index (Phi) is 6.96. The smallest absolute Gasteiger partial charge is 0.329 e. The topological polar surface area (TPSA) is 88.5 Å². The second-order valence-corrected chi connectivity index (χ2v) is 6.19. The van der Waals surface area contributed by atoms with Crippen LogP contribution in [0.5, 0.6) is 0 Å². The molecule has 0 aliphatic heterocycles. The molecule has 0 spiro atoms. The van der Waals surface area contributed by atoms with Gasteiger partial charge in [-0.15, -0.1) is 11.3 Å². The Labute approximate surface area is 138 Å². The van der Waals surface area contributed by atoms with Crippen molar-refractivity contribution in [2.75, 3.05) is 19.8 Å². The van der Waals surface area contributed by atoms with Crippen molar-refractivity contribution in [2.45, 2.75) is 25.7 Å². The molecule has 0 saturated heterocycles. The number of aryl methyl sites for hydroxylation is 1. The molecule has 6 nitrogen and oxygen atoms in total. The highest BCUT2D eigenvalue weighted by atomic mass is 32.1. The number of carbonyl (C=O) groups excluding carboxylic acids is 1. The third kappa shape index (κ3) is 6.33. The summed E-state index contributed by atoms with van der Waals surface area (Å²) in [5, 5.41) is 12.2. The number of para-hydroxylation sites is 1. The van der Waals surface area contributed by atoms with Crippen LogP contribution in [-0.2, 0) is 20.7 Å². The van der Waals surface area contributed by atoms with Gasteiger partial charge in [-0.1, -0.05) is 12.1 Å². The van der Waals surface area contributed by atoms with Crippen LogP contribution >= 0.6 is 11.3 Å². The van der Waals surface area contributed by atoms with Crippen molar-refractivity contribution in [1.29, 1.82) is 0 Å². The predicted octanol–water partition coefficient (Wildman–Crippen LogP) is 2.23. The molecule has 2 rings (SSSR count). The fourth-order valence-electron chi connectivity index (χ4n) is 2.10. The quantitative estimate of drug-likeness (QED) is 0.650. The monoisotopic (exact) mass is 336 g/mol. The lowest BCUT2D eigenvalue weighted by atomic mass is 10.2. The van der Waals surface area contributed by atoms with Crippen LogP contribution < -0.4 is 5.32 Å². The molecule has 0 unspecified atom stereocenters. The van der Waals surface area contributed by atoms with E-state index in [-0.39, 0.29) is 19.1 Å². The number of carboxylic acids is 1. The second-order valence-electron chi connectivity index (χ2n) is 5.08. The summed E-state index contributed by atoms with van der Waals surface area (Å²) >= 11 is 1.70. The van der Waals surface area contributed by atoms with Crippen LogP contribution in [0.2, 0.25) is 0 Å². The number of carboxylic acid groups (broad SMARTS) is 1. The average molecular weight is 336 g/mol. The van der Waals surface area contributed by atoms with Gasteiger partial charge in [0.05, 0.1) is 21.8 Å². The number of ether oxygens (including phenoxy) is 1. The van der Waals surface area contributed by atoms with Gasteiger partial charge in [0.15, 0.2) is 0 Å². The van der Waals surface area contributed by atoms with E-state index in [0.29, 0.717) is 13.0 Å². The maximum absolute atomic E-state index is 11.6. The van der Waals surface area contributed by atoms with Gasteiger partial charge in [0.2, 0.25) is 5.91 Å². The van der Waals surface area contributed by atoms with Crippen LogP contribution in [0.4, 0.5) is 0 Å². The fraction of sp³-hybridized carbons (Fsp3) is 0.438. The molecule has 0 aliphatic rings. The average Bonchev–Trinajstić information content (AvgIpc) is 2.93.